The Labute approximate surface area is 100 Å². The Bertz CT molecular complexity index is 162. The molecule has 0 rings (SSSR count). The average molecular weight is 281 g/mol. The number of hydrogen-bond donors (Lipinski definition) is 2. The van der Waals surface area contributed by atoms with Crippen molar-refractivity contribution < 1.29 is 15.0 Å². The molecule has 0 fully saturated rings. The van der Waals surface area contributed by atoms with Gasteiger partial charge in [0, 0.05) is 5.33 Å². The smallest absolute Gasteiger partial charge is 0.305 e. The molecule has 0 bridgehead atoms. The van der Waals surface area contributed by atoms with Crippen LogP contribution >= 0.6 is 15.9 Å². The normalized spacial score (nSPS) is 12.7. The minimum absolute atomic E-state index is 0.121. The Balaban J connectivity index is 3.13. The summed E-state index contributed by atoms with van der Waals surface area (Å²) >= 11 is 3.39. The maximum absolute atomic E-state index is 10.3. The van der Waals surface area contributed by atoms with Crippen LogP contribution in [0.25, 0.3) is 0 Å². The Morgan fingerprint density at radius 3 is 2.13 bits per heavy atom. The minimum atomic E-state index is -0.917. The van der Waals surface area contributed by atoms with E-state index in [2.05, 4.69) is 15.9 Å². The molecule has 0 saturated carbocycles. The molecule has 0 spiro atoms. The third kappa shape index (κ3) is 11.8. The first kappa shape index (κ1) is 14.9. The number of aliphatic carboxylic acids is 1. The molecule has 0 unspecified atom stereocenters. The van der Waals surface area contributed by atoms with Gasteiger partial charge >= 0.3 is 5.97 Å². The van der Waals surface area contributed by atoms with Gasteiger partial charge in [0.1, 0.15) is 0 Å². The second-order valence-electron chi connectivity index (χ2n) is 3.85. The summed E-state index contributed by atoms with van der Waals surface area (Å²) in [6.07, 6.45) is 6.76. The van der Waals surface area contributed by atoms with Crippen LogP contribution in [0.5, 0.6) is 0 Å². The van der Waals surface area contributed by atoms with E-state index in [1.54, 1.807) is 0 Å². The molecule has 0 aromatic heterocycles. The first-order valence-electron chi connectivity index (χ1n) is 5.62. The van der Waals surface area contributed by atoms with E-state index in [9.17, 15) is 9.90 Å². The molecule has 0 aromatic rings. The van der Waals surface area contributed by atoms with Gasteiger partial charge in [0.2, 0.25) is 0 Å². The second-order valence-corrected chi connectivity index (χ2v) is 4.64. The Morgan fingerprint density at radius 2 is 1.60 bits per heavy atom. The van der Waals surface area contributed by atoms with E-state index in [4.69, 9.17) is 5.11 Å². The number of carboxylic acids is 1. The van der Waals surface area contributed by atoms with Crippen LogP contribution in [0.3, 0.4) is 0 Å². The number of hydrogen-bond acceptors (Lipinski definition) is 2. The van der Waals surface area contributed by atoms with Crippen molar-refractivity contribution >= 4 is 21.9 Å². The lowest BCUT2D eigenvalue weighted by Crippen LogP contribution is -2.12. The molecule has 0 aliphatic rings. The number of aliphatic hydroxyl groups is 1. The van der Waals surface area contributed by atoms with E-state index >= 15 is 0 Å². The van der Waals surface area contributed by atoms with Gasteiger partial charge in [-0.25, -0.2) is 0 Å². The summed E-state index contributed by atoms with van der Waals surface area (Å²) < 4.78 is 0. The Kier molecular flexibility index (Phi) is 10.4. The number of carboxylic acid groups (broad SMARTS) is 1. The third-order valence-corrected chi connectivity index (χ3v) is 2.89. The van der Waals surface area contributed by atoms with Gasteiger partial charge in [0.05, 0.1) is 12.5 Å². The van der Waals surface area contributed by atoms with Gasteiger partial charge in [0.15, 0.2) is 0 Å². The number of rotatable bonds is 10. The van der Waals surface area contributed by atoms with E-state index in [1.807, 2.05) is 0 Å². The molecule has 0 amide bonds. The summed E-state index contributed by atoms with van der Waals surface area (Å²) in [5.74, 6) is -0.917. The van der Waals surface area contributed by atoms with E-state index in [1.165, 1.54) is 25.7 Å². The summed E-state index contributed by atoms with van der Waals surface area (Å²) in [6.45, 7) is 0. The molecule has 0 radical (unpaired) electrons. The number of aliphatic hydroxyl groups excluding tert-OH is 1. The van der Waals surface area contributed by atoms with Crippen LogP contribution in [-0.2, 0) is 4.79 Å². The van der Waals surface area contributed by atoms with Crippen molar-refractivity contribution in [3.05, 3.63) is 0 Å². The largest absolute Gasteiger partial charge is 0.481 e. The van der Waals surface area contributed by atoms with Crippen LogP contribution in [0.4, 0.5) is 0 Å². The quantitative estimate of drug-likeness (QED) is 0.478. The van der Waals surface area contributed by atoms with Crippen molar-refractivity contribution in [1.82, 2.24) is 0 Å². The highest BCUT2D eigenvalue weighted by Gasteiger charge is 2.08. The van der Waals surface area contributed by atoms with Crippen LogP contribution in [0.2, 0.25) is 0 Å². The van der Waals surface area contributed by atoms with Gasteiger partial charge in [-0.15, -0.1) is 0 Å². The first-order valence-corrected chi connectivity index (χ1v) is 6.74. The predicted molar refractivity (Wildman–Crippen MR) is 64.4 cm³/mol. The molecule has 0 aliphatic heterocycles. The summed E-state index contributed by atoms with van der Waals surface area (Å²) in [7, 11) is 0. The van der Waals surface area contributed by atoms with Crippen molar-refractivity contribution in [1.29, 1.82) is 0 Å². The van der Waals surface area contributed by atoms with Crippen LogP contribution in [-0.4, -0.2) is 27.6 Å². The monoisotopic (exact) mass is 280 g/mol. The summed E-state index contributed by atoms with van der Waals surface area (Å²) in [4.78, 5) is 10.3. The van der Waals surface area contributed by atoms with Crippen molar-refractivity contribution in [2.24, 2.45) is 0 Å². The zero-order valence-electron chi connectivity index (χ0n) is 9.12. The Hall–Kier alpha value is -0.0900. The number of halogens is 1. The second kappa shape index (κ2) is 10.4. The molecule has 0 heterocycles. The van der Waals surface area contributed by atoms with Crippen molar-refractivity contribution in [3.63, 3.8) is 0 Å². The fourth-order valence-electron chi connectivity index (χ4n) is 1.49. The van der Waals surface area contributed by atoms with E-state index in [0.29, 0.717) is 6.42 Å². The molecule has 4 heteroatoms. The minimum Gasteiger partial charge on any atom is -0.481 e. The highest BCUT2D eigenvalue weighted by atomic mass is 79.9. The van der Waals surface area contributed by atoms with E-state index in [-0.39, 0.29) is 6.42 Å². The van der Waals surface area contributed by atoms with Gasteiger partial charge in [-0.3, -0.25) is 4.79 Å². The number of alkyl halides is 1. The lowest BCUT2D eigenvalue weighted by molar-refractivity contribution is -0.139. The van der Waals surface area contributed by atoms with Gasteiger partial charge in [-0.05, 0) is 12.8 Å². The molecular weight excluding hydrogens is 260 g/mol. The number of carbonyl (C=O) groups is 1. The highest BCUT2D eigenvalue weighted by Crippen LogP contribution is 2.10. The van der Waals surface area contributed by atoms with E-state index in [0.717, 1.165) is 18.2 Å². The predicted octanol–water partition coefficient (Wildman–Crippen LogP) is 2.95. The molecular formula is C11H21BrO3. The summed E-state index contributed by atoms with van der Waals surface area (Å²) in [5.41, 5.74) is 0. The summed E-state index contributed by atoms with van der Waals surface area (Å²) in [5, 5.41) is 18.8. The van der Waals surface area contributed by atoms with E-state index < -0.39 is 12.1 Å². The van der Waals surface area contributed by atoms with Crippen LogP contribution in [0.15, 0.2) is 0 Å². The first-order chi connectivity index (χ1) is 7.16. The fourth-order valence-corrected chi connectivity index (χ4v) is 1.88. The van der Waals surface area contributed by atoms with Gasteiger partial charge in [0.25, 0.3) is 0 Å². The maximum Gasteiger partial charge on any atom is 0.305 e. The van der Waals surface area contributed by atoms with Crippen LogP contribution < -0.4 is 0 Å². The molecule has 15 heavy (non-hydrogen) atoms. The Morgan fingerprint density at radius 1 is 1.07 bits per heavy atom. The molecule has 0 aliphatic carbocycles. The number of unbranched alkanes of at least 4 members (excludes halogenated alkanes) is 5. The molecule has 0 aromatic carbocycles. The molecule has 0 saturated heterocycles. The lowest BCUT2D eigenvalue weighted by atomic mass is 10.1. The highest BCUT2D eigenvalue weighted by molar-refractivity contribution is 9.09. The topological polar surface area (TPSA) is 57.5 Å². The zero-order chi connectivity index (χ0) is 11.5. The van der Waals surface area contributed by atoms with Gasteiger partial charge in [-0.1, -0.05) is 48.0 Å². The van der Waals surface area contributed by atoms with Gasteiger partial charge < -0.3 is 10.2 Å². The molecule has 90 valence electrons. The van der Waals surface area contributed by atoms with Crippen molar-refractivity contribution in [3.8, 4) is 0 Å². The van der Waals surface area contributed by atoms with Gasteiger partial charge in [-0.2, -0.15) is 0 Å². The maximum atomic E-state index is 10.3. The zero-order valence-corrected chi connectivity index (χ0v) is 10.7. The molecule has 1 atom stereocenters. The van der Waals surface area contributed by atoms with Crippen LogP contribution in [0, 0.1) is 0 Å². The third-order valence-electron chi connectivity index (χ3n) is 2.33. The van der Waals surface area contributed by atoms with Crippen LogP contribution in [0.1, 0.15) is 51.4 Å². The standard InChI is InChI=1S/C11H21BrO3/c12-8-6-4-2-1-3-5-7-10(13)9-11(14)15/h10,13H,1-9H2,(H,14,15)/t10-/m1/s1. The average Bonchev–Trinajstić information content (AvgIpc) is 2.15. The molecule has 2 N–H and O–H groups in total. The molecule has 3 nitrogen and oxygen atoms in total. The lowest BCUT2D eigenvalue weighted by Gasteiger charge is -2.06. The van der Waals surface area contributed by atoms with Crippen molar-refractivity contribution in [2.75, 3.05) is 5.33 Å². The van der Waals surface area contributed by atoms with Crippen molar-refractivity contribution in [2.45, 2.75) is 57.5 Å². The summed E-state index contributed by atoms with van der Waals surface area (Å²) in [6, 6.07) is 0. The SMILES string of the molecule is O=C(O)C[C@H](O)CCCCCCCCBr. The fraction of sp³-hybridized carbons (Fsp3) is 0.909.